The monoisotopic (exact) mass is 282 g/mol. The molecule has 0 unspecified atom stereocenters. The molecule has 1 aromatic carbocycles. The van der Waals surface area contributed by atoms with Crippen molar-refractivity contribution in [2.24, 2.45) is 0 Å². The maximum absolute atomic E-state index is 5.87. The molecule has 0 bridgehead atoms. The molecular weight excluding hydrogens is 260 g/mol. The lowest BCUT2D eigenvalue weighted by Gasteiger charge is -2.24. The van der Waals surface area contributed by atoms with Crippen molar-refractivity contribution in [1.82, 2.24) is 0 Å². The molecule has 20 heavy (non-hydrogen) atoms. The molecule has 1 saturated heterocycles. The molecule has 1 heterocycles. The highest BCUT2D eigenvalue weighted by Crippen LogP contribution is 2.36. The van der Waals surface area contributed by atoms with Gasteiger partial charge in [-0.15, -0.1) is 0 Å². The van der Waals surface area contributed by atoms with Gasteiger partial charge in [-0.1, -0.05) is 6.07 Å². The van der Waals surface area contributed by atoms with Crippen molar-refractivity contribution < 1.29 is 23.7 Å². The van der Waals surface area contributed by atoms with Crippen LogP contribution in [0.1, 0.15) is 25.5 Å². The van der Waals surface area contributed by atoms with Gasteiger partial charge in [-0.2, -0.15) is 0 Å². The van der Waals surface area contributed by atoms with E-state index in [1.165, 1.54) is 0 Å². The molecule has 0 amide bonds. The van der Waals surface area contributed by atoms with Crippen LogP contribution in [0.4, 0.5) is 0 Å². The Balaban J connectivity index is 2.24. The van der Waals surface area contributed by atoms with E-state index >= 15 is 0 Å². The smallest absolute Gasteiger partial charge is 0.163 e. The molecule has 1 aliphatic heterocycles. The predicted octanol–water partition coefficient (Wildman–Crippen LogP) is 2.54. The Labute approximate surface area is 119 Å². The van der Waals surface area contributed by atoms with Gasteiger partial charge in [0.1, 0.15) is 12.2 Å². The van der Waals surface area contributed by atoms with Crippen LogP contribution in [0.3, 0.4) is 0 Å². The van der Waals surface area contributed by atoms with Crippen molar-refractivity contribution in [2.45, 2.75) is 31.8 Å². The SMILES string of the molecule is COc1ccc([C@H](OC)[C@H]2COC(C)(C)O2)cc1OC. The van der Waals surface area contributed by atoms with Crippen LogP contribution in [0.25, 0.3) is 0 Å². The van der Waals surface area contributed by atoms with Crippen molar-refractivity contribution in [3.8, 4) is 11.5 Å². The fraction of sp³-hybridized carbons (Fsp3) is 0.600. The zero-order valence-electron chi connectivity index (χ0n) is 12.6. The van der Waals surface area contributed by atoms with E-state index in [0.717, 1.165) is 5.56 Å². The first-order chi connectivity index (χ1) is 9.50. The lowest BCUT2D eigenvalue weighted by molar-refractivity contribution is -0.154. The van der Waals surface area contributed by atoms with E-state index in [0.29, 0.717) is 18.1 Å². The number of rotatable bonds is 5. The van der Waals surface area contributed by atoms with E-state index in [-0.39, 0.29) is 12.2 Å². The predicted molar refractivity (Wildman–Crippen MR) is 74.2 cm³/mol. The van der Waals surface area contributed by atoms with Gasteiger partial charge >= 0.3 is 0 Å². The summed E-state index contributed by atoms with van der Waals surface area (Å²) in [6.45, 7) is 4.29. The standard InChI is InChI=1S/C15H22O5/c1-15(2)19-9-13(20-15)14(18-5)10-6-7-11(16-3)12(8-10)17-4/h6-8,13-14H,9H2,1-5H3/t13-,14+/m1/s1. The zero-order chi connectivity index (χ0) is 14.8. The van der Waals surface area contributed by atoms with E-state index in [1.54, 1.807) is 21.3 Å². The summed E-state index contributed by atoms with van der Waals surface area (Å²) < 4.78 is 27.6. The third kappa shape index (κ3) is 3.06. The number of methoxy groups -OCH3 is 3. The molecule has 0 N–H and O–H groups in total. The Kier molecular flexibility index (Phi) is 4.52. The molecule has 0 saturated carbocycles. The Morgan fingerprint density at radius 1 is 1.15 bits per heavy atom. The van der Waals surface area contributed by atoms with E-state index in [2.05, 4.69) is 0 Å². The molecule has 112 valence electrons. The van der Waals surface area contributed by atoms with Crippen molar-refractivity contribution in [2.75, 3.05) is 27.9 Å². The second-order valence-corrected chi connectivity index (χ2v) is 5.14. The minimum Gasteiger partial charge on any atom is -0.493 e. The molecule has 1 aliphatic rings. The molecule has 0 spiro atoms. The lowest BCUT2D eigenvalue weighted by Crippen LogP contribution is -2.26. The highest BCUT2D eigenvalue weighted by Gasteiger charge is 2.38. The number of benzene rings is 1. The largest absolute Gasteiger partial charge is 0.493 e. The first kappa shape index (κ1) is 15.1. The minimum atomic E-state index is -0.571. The van der Waals surface area contributed by atoms with Crippen molar-refractivity contribution >= 4 is 0 Å². The summed E-state index contributed by atoms with van der Waals surface area (Å²) in [7, 11) is 4.89. The van der Waals surface area contributed by atoms with Gasteiger partial charge < -0.3 is 23.7 Å². The van der Waals surface area contributed by atoms with Crippen LogP contribution in [0.5, 0.6) is 11.5 Å². The second kappa shape index (κ2) is 5.99. The number of hydrogen-bond donors (Lipinski definition) is 0. The fourth-order valence-electron chi connectivity index (χ4n) is 2.40. The van der Waals surface area contributed by atoms with Gasteiger partial charge in [0.05, 0.1) is 20.8 Å². The molecule has 5 heteroatoms. The van der Waals surface area contributed by atoms with Gasteiger partial charge in [0.15, 0.2) is 17.3 Å². The highest BCUT2D eigenvalue weighted by molar-refractivity contribution is 5.43. The van der Waals surface area contributed by atoms with Gasteiger partial charge in [-0.05, 0) is 31.5 Å². The van der Waals surface area contributed by atoms with E-state index < -0.39 is 5.79 Å². The summed E-state index contributed by atoms with van der Waals surface area (Å²) in [5.41, 5.74) is 0.969. The summed E-state index contributed by atoms with van der Waals surface area (Å²) in [6, 6.07) is 5.72. The molecule has 0 radical (unpaired) electrons. The fourth-order valence-corrected chi connectivity index (χ4v) is 2.40. The number of ether oxygens (including phenoxy) is 5. The summed E-state index contributed by atoms with van der Waals surface area (Å²) in [5.74, 6) is 0.790. The Morgan fingerprint density at radius 3 is 2.35 bits per heavy atom. The average molecular weight is 282 g/mol. The van der Waals surface area contributed by atoms with Crippen molar-refractivity contribution in [1.29, 1.82) is 0 Å². The van der Waals surface area contributed by atoms with E-state index in [1.807, 2.05) is 32.0 Å². The maximum Gasteiger partial charge on any atom is 0.163 e. The lowest BCUT2D eigenvalue weighted by atomic mass is 10.0. The molecule has 5 nitrogen and oxygen atoms in total. The van der Waals surface area contributed by atoms with Crippen molar-refractivity contribution in [3.05, 3.63) is 23.8 Å². The van der Waals surface area contributed by atoms with Crippen molar-refractivity contribution in [3.63, 3.8) is 0 Å². The van der Waals surface area contributed by atoms with Gasteiger partial charge in [0.2, 0.25) is 0 Å². The molecular formula is C15H22O5. The Hall–Kier alpha value is -1.30. The zero-order valence-corrected chi connectivity index (χ0v) is 12.6. The van der Waals surface area contributed by atoms with Crippen LogP contribution in [0.2, 0.25) is 0 Å². The van der Waals surface area contributed by atoms with Crippen LogP contribution in [0, 0.1) is 0 Å². The summed E-state index contributed by atoms with van der Waals surface area (Å²) >= 11 is 0. The van der Waals surface area contributed by atoms with Crippen LogP contribution in [-0.4, -0.2) is 39.8 Å². The normalized spacial score (nSPS) is 22.6. The minimum absolute atomic E-state index is 0.145. The van der Waals surface area contributed by atoms with Gasteiger partial charge in [-0.25, -0.2) is 0 Å². The van der Waals surface area contributed by atoms with E-state index in [4.69, 9.17) is 23.7 Å². The number of hydrogen-bond acceptors (Lipinski definition) is 5. The molecule has 1 fully saturated rings. The van der Waals surface area contributed by atoms with Crippen LogP contribution in [0.15, 0.2) is 18.2 Å². The van der Waals surface area contributed by atoms with Crippen LogP contribution >= 0.6 is 0 Å². The summed E-state index contributed by atoms with van der Waals surface area (Å²) in [5, 5.41) is 0. The average Bonchev–Trinajstić information content (AvgIpc) is 2.79. The third-order valence-electron chi connectivity index (χ3n) is 3.36. The highest BCUT2D eigenvalue weighted by atomic mass is 16.7. The molecule has 0 aliphatic carbocycles. The summed E-state index contributed by atoms with van der Waals surface area (Å²) in [4.78, 5) is 0. The van der Waals surface area contributed by atoms with Gasteiger partial charge in [0.25, 0.3) is 0 Å². The Bertz CT molecular complexity index is 458. The summed E-state index contributed by atoms with van der Waals surface area (Å²) in [6.07, 6.45) is -0.357. The molecule has 2 atom stereocenters. The first-order valence-corrected chi connectivity index (χ1v) is 6.57. The maximum atomic E-state index is 5.87. The van der Waals surface area contributed by atoms with Crippen LogP contribution < -0.4 is 9.47 Å². The quantitative estimate of drug-likeness (QED) is 0.830. The topological polar surface area (TPSA) is 46.2 Å². The first-order valence-electron chi connectivity index (χ1n) is 6.57. The van der Waals surface area contributed by atoms with E-state index in [9.17, 15) is 0 Å². The van der Waals surface area contributed by atoms with Gasteiger partial charge in [-0.3, -0.25) is 0 Å². The second-order valence-electron chi connectivity index (χ2n) is 5.14. The molecule has 0 aromatic heterocycles. The third-order valence-corrected chi connectivity index (χ3v) is 3.36. The van der Waals surface area contributed by atoms with Gasteiger partial charge in [0, 0.05) is 7.11 Å². The molecule has 1 aromatic rings. The Morgan fingerprint density at radius 2 is 1.85 bits per heavy atom. The molecule has 2 rings (SSSR count). The van der Waals surface area contributed by atoms with Crippen LogP contribution in [-0.2, 0) is 14.2 Å².